The maximum atomic E-state index is 13.6. The molecule has 1 aromatic rings. The molecule has 0 aliphatic heterocycles. The van der Waals surface area contributed by atoms with Gasteiger partial charge >= 0.3 is 0 Å². The SMILES string of the molecule is CC(NCC1CCCC(O)C1)c1ccc(C#N)c(F)c1. The third-order valence-electron chi connectivity index (χ3n) is 4.08. The summed E-state index contributed by atoms with van der Waals surface area (Å²) in [7, 11) is 0. The van der Waals surface area contributed by atoms with Crippen LogP contribution in [0.15, 0.2) is 18.2 Å². The van der Waals surface area contributed by atoms with Crippen molar-refractivity contribution in [1.82, 2.24) is 5.32 Å². The highest BCUT2D eigenvalue weighted by atomic mass is 19.1. The minimum atomic E-state index is -0.466. The zero-order valence-electron chi connectivity index (χ0n) is 11.8. The molecule has 1 fully saturated rings. The molecule has 1 saturated carbocycles. The van der Waals surface area contributed by atoms with E-state index in [0.29, 0.717) is 5.92 Å². The second-order valence-electron chi connectivity index (χ2n) is 5.67. The van der Waals surface area contributed by atoms with Crippen LogP contribution < -0.4 is 5.32 Å². The molecule has 1 aromatic carbocycles. The number of hydrogen-bond donors (Lipinski definition) is 2. The van der Waals surface area contributed by atoms with Crippen molar-refractivity contribution in [2.75, 3.05) is 6.54 Å². The van der Waals surface area contributed by atoms with Gasteiger partial charge in [-0.25, -0.2) is 4.39 Å². The summed E-state index contributed by atoms with van der Waals surface area (Å²) in [6.45, 7) is 2.82. The van der Waals surface area contributed by atoms with E-state index in [4.69, 9.17) is 5.26 Å². The van der Waals surface area contributed by atoms with E-state index in [2.05, 4.69) is 5.32 Å². The number of aliphatic hydroxyl groups is 1. The first-order valence-corrected chi connectivity index (χ1v) is 7.21. The lowest BCUT2D eigenvalue weighted by molar-refractivity contribution is 0.0998. The fraction of sp³-hybridized carbons (Fsp3) is 0.562. The van der Waals surface area contributed by atoms with Gasteiger partial charge in [-0.1, -0.05) is 12.5 Å². The second-order valence-corrected chi connectivity index (χ2v) is 5.67. The average Bonchev–Trinajstić information content (AvgIpc) is 2.44. The van der Waals surface area contributed by atoms with Gasteiger partial charge in [-0.05, 0) is 56.3 Å². The third-order valence-corrected chi connectivity index (χ3v) is 4.08. The molecule has 0 aromatic heterocycles. The van der Waals surface area contributed by atoms with Crippen LogP contribution in [0.5, 0.6) is 0 Å². The van der Waals surface area contributed by atoms with Gasteiger partial charge in [-0.2, -0.15) is 5.26 Å². The maximum Gasteiger partial charge on any atom is 0.141 e. The van der Waals surface area contributed by atoms with E-state index in [1.54, 1.807) is 6.07 Å². The van der Waals surface area contributed by atoms with E-state index in [1.165, 1.54) is 12.1 Å². The Bertz CT molecular complexity index is 498. The fourth-order valence-corrected chi connectivity index (χ4v) is 2.80. The van der Waals surface area contributed by atoms with Crippen molar-refractivity contribution in [2.45, 2.75) is 44.8 Å². The number of hydrogen-bond acceptors (Lipinski definition) is 3. The first-order chi connectivity index (χ1) is 9.60. The quantitative estimate of drug-likeness (QED) is 0.889. The van der Waals surface area contributed by atoms with Gasteiger partial charge in [-0.15, -0.1) is 0 Å². The van der Waals surface area contributed by atoms with Crippen molar-refractivity contribution in [1.29, 1.82) is 5.26 Å². The smallest absolute Gasteiger partial charge is 0.141 e. The van der Waals surface area contributed by atoms with Crippen LogP contribution in [-0.4, -0.2) is 17.8 Å². The Kier molecular flexibility index (Phi) is 5.11. The van der Waals surface area contributed by atoms with Crippen LogP contribution in [0.1, 0.15) is 49.8 Å². The number of benzene rings is 1. The molecule has 0 heterocycles. The Hall–Kier alpha value is -1.44. The molecule has 1 aliphatic carbocycles. The number of rotatable bonds is 4. The maximum absolute atomic E-state index is 13.6. The van der Waals surface area contributed by atoms with Crippen molar-refractivity contribution >= 4 is 0 Å². The lowest BCUT2D eigenvalue weighted by Crippen LogP contribution is -2.30. The van der Waals surface area contributed by atoms with Crippen molar-refractivity contribution in [3.63, 3.8) is 0 Å². The lowest BCUT2D eigenvalue weighted by Gasteiger charge is -2.27. The van der Waals surface area contributed by atoms with Crippen LogP contribution in [0.25, 0.3) is 0 Å². The Morgan fingerprint density at radius 2 is 2.30 bits per heavy atom. The summed E-state index contributed by atoms with van der Waals surface area (Å²) in [5, 5.41) is 21.8. The topological polar surface area (TPSA) is 56.0 Å². The summed E-state index contributed by atoms with van der Waals surface area (Å²) >= 11 is 0. The Morgan fingerprint density at radius 1 is 1.50 bits per heavy atom. The molecule has 0 spiro atoms. The Labute approximate surface area is 119 Å². The molecule has 0 bridgehead atoms. The summed E-state index contributed by atoms with van der Waals surface area (Å²) in [5.74, 6) is 0.0242. The highest BCUT2D eigenvalue weighted by molar-refractivity contribution is 5.34. The van der Waals surface area contributed by atoms with E-state index in [9.17, 15) is 9.50 Å². The summed E-state index contributed by atoms with van der Waals surface area (Å²) in [6, 6.07) is 6.60. The van der Waals surface area contributed by atoms with E-state index >= 15 is 0 Å². The molecule has 108 valence electrons. The van der Waals surface area contributed by atoms with E-state index in [1.807, 2.05) is 13.0 Å². The standard InChI is InChI=1S/C16H21FN2O/c1-11(13-5-6-14(9-18)16(17)8-13)19-10-12-3-2-4-15(20)7-12/h5-6,8,11-12,15,19-20H,2-4,7,10H2,1H3. The first kappa shape index (κ1) is 15.0. The summed E-state index contributed by atoms with van der Waals surface area (Å²) in [6.07, 6.45) is 3.80. The third kappa shape index (κ3) is 3.78. The summed E-state index contributed by atoms with van der Waals surface area (Å²) in [5.41, 5.74) is 0.925. The Morgan fingerprint density at radius 3 is 2.95 bits per heavy atom. The van der Waals surface area contributed by atoms with Crippen LogP contribution in [-0.2, 0) is 0 Å². The zero-order valence-corrected chi connectivity index (χ0v) is 11.8. The van der Waals surface area contributed by atoms with Crippen molar-refractivity contribution in [3.05, 3.63) is 35.1 Å². The zero-order chi connectivity index (χ0) is 14.5. The molecule has 0 saturated heterocycles. The van der Waals surface area contributed by atoms with Gasteiger partial charge < -0.3 is 10.4 Å². The van der Waals surface area contributed by atoms with Gasteiger partial charge in [0.1, 0.15) is 11.9 Å². The number of aliphatic hydroxyl groups excluding tert-OH is 1. The van der Waals surface area contributed by atoms with Crippen molar-refractivity contribution in [2.24, 2.45) is 5.92 Å². The monoisotopic (exact) mass is 276 g/mol. The van der Waals surface area contributed by atoms with Gasteiger partial charge in [0.15, 0.2) is 0 Å². The predicted octanol–water partition coefficient (Wildman–Crippen LogP) is 2.90. The molecular weight excluding hydrogens is 255 g/mol. The van der Waals surface area contributed by atoms with Crippen LogP contribution in [0.2, 0.25) is 0 Å². The van der Waals surface area contributed by atoms with Gasteiger partial charge in [0, 0.05) is 6.04 Å². The number of halogens is 1. The average molecular weight is 276 g/mol. The van der Waals surface area contributed by atoms with E-state index in [-0.39, 0.29) is 17.7 Å². The minimum absolute atomic E-state index is 0.0383. The van der Waals surface area contributed by atoms with Crippen LogP contribution >= 0.6 is 0 Å². The molecule has 3 nitrogen and oxygen atoms in total. The normalized spacial score (nSPS) is 24.1. The summed E-state index contributed by atoms with van der Waals surface area (Å²) in [4.78, 5) is 0. The van der Waals surface area contributed by atoms with E-state index in [0.717, 1.165) is 37.8 Å². The molecule has 20 heavy (non-hydrogen) atoms. The number of nitriles is 1. The number of nitrogens with zero attached hydrogens (tertiary/aromatic N) is 1. The van der Waals surface area contributed by atoms with Crippen LogP contribution in [0, 0.1) is 23.1 Å². The minimum Gasteiger partial charge on any atom is -0.393 e. The highest BCUT2D eigenvalue weighted by Crippen LogP contribution is 2.24. The second kappa shape index (κ2) is 6.83. The van der Waals surface area contributed by atoms with Gasteiger partial charge in [0.25, 0.3) is 0 Å². The molecule has 0 radical (unpaired) electrons. The molecule has 3 atom stereocenters. The van der Waals surface area contributed by atoms with Crippen LogP contribution in [0.4, 0.5) is 4.39 Å². The van der Waals surface area contributed by atoms with Crippen molar-refractivity contribution < 1.29 is 9.50 Å². The van der Waals surface area contributed by atoms with E-state index < -0.39 is 5.82 Å². The molecular formula is C16H21FN2O. The highest BCUT2D eigenvalue weighted by Gasteiger charge is 2.20. The molecule has 4 heteroatoms. The number of nitrogens with one attached hydrogen (secondary N) is 1. The predicted molar refractivity (Wildman–Crippen MR) is 75.5 cm³/mol. The molecule has 2 N–H and O–H groups in total. The van der Waals surface area contributed by atoms with Gasteiger partial charge in [-0.3, -0.25) is 0 Å². The molecule has 0 amide bonds. The van der Waals surface area contributed by atoms with Crippen molar-refractivity contribution in [3.8, 4) is 6.07 Å². The molecule has 3 unspecified atom stereocenters. The molecule has 1 aliphatic rings. The van der Waals surface area contributed by atoms with Gasteiger partial charge in [0.05, 0.1) is 11.7 Å². The van der Waals surface area contributed by atoms with Crippen LogP contribution in [0.3, 0.4) is 0 Å². The summed E-state index contributed by atoms with van der Waals surface area (Å²) < 4.78 is 13.6. The molecule has 2 rings (SSSR count). The first-order valence-electron chi connectivity index (χ1n) is 7.21. The lowest BCUT2D eigenvalue weighted by atomic mass is 9.87. The Balaban J connectivity index is 1.90. The van der Waals surface area contributed by atoms with Gasteiger partial charge in [0.2, 0.25) is 0 Å². The fourth-order valence-electron chi connectivity index (χ4n) is 2.80. The largest absolute Gasteiger partial charge is 0.393 e.